The van der Waals surface area contributed by atoms with Gasteiger partial charge in [-0.2, -0.15) is 0 Å². The fraction of sp³-hybridized carbons (Fsp3) is 0.706. The van der Waals surface area contributed by atoms with E-state index in [1.165, 1.54) is 0 Å². The molecule has 1 aliphatic carbocycles. The number of rotatable bonds is 3. The van der Waals surface area contributed by atoms with Crippen LogP contribution < -0.4 is 0 Å². The van der Waals surface area contributed by atoms with E-state index in [0.29, 0.717) is 17.9 Å². The number of hydrogen-bond donors (Lipinski definition) is 0. The maximum atomic E-state index is 12.9. The third-order valence-corrected chi connectivity index (χ3v) is 5.25. The zero-order valence-corrected chi connectivity index (χ0v) is 13.2. The Morgan fingerprint density at radius 2 is 2.00 bits per heavy atom. The topological polar surface area (TPSA) is 45.9 Å². The van der Waals surface area contributed by atoms with Crippen molar-refractivity contribution in [2.45, 2.75) is 31.7 Å². The van der Waals surface area contributed by atoms with Crippen molar-refractivity contribution in [2.24, 2.45) is 5.92 Å². The number of nitrogens with zero attached hydrogens (tertiary/aromatic N) is 2. The van der Waals surface area contributed by atoms with Crippen molar-refractivity contribution in [2.75, 3.05) is 39.4 Å². The molecular weight excluding hydrogens is 280 g/mol. The predicted molar refractivity (Wildman–Crippen MR) is 81.9 cm³/mol. The Balaban J connectivity index is 1.46. The minimum absolute atomic E-state index is 0.151. The molecule has 5 heteroatoms. The molecule has 1 aromatic rings. The van der Waals surface area contributed by atoms with E-state index < -0.39 is 0 Å². The van der Waals surface area contributed by atoms with Crippen LogP contribution in [-0.2, 0) is 4.74 Å². The van der Waals surface area contributed by atoms with Crippen molar-refractivity contribution in [1.82, 2.24) is 9.80 Å². The van der Waals surface area contributed by atoms with Gasteiger partial charge in [-0.15, -0.1) is 0 Å². The Kier molecular flexibility index (Phi) is 3.70. The molecule has 120 valence electrons. The summed E-state index contributed by atoms with van der Waals surface area (Å²) in [6.45, 7) is 7.51. The summed E-state index contributed by atoms with van der Waals surface area (Å²) >= 11 is 0. The molecule has 2 saturated heterocycles. The molecule has 2 atom stereocenters. The van der Waals surface area contributed by atoms with Gasteiger partial charge in [0.2, 0.25) is 0 Å². The molecule has 22 heavy (non-hydrogen) atoms. The highest BCUT2D eigenvalue weighted by molar-refractivity contribution is 5.95. The van der Waals surface area contributed by atoms with Crippen LogP contribution in [0.5, 0.6) is 0 Å². The molecule has 3 aliphatic rings. The average Bonchev–Trinajstić information content (AvgIpc) is 3.14. The zero-order valence-electron chi connectivity index (χ0n) is 13.2. The summed E-state index contributed by atoms with van der Waals surface area (Å²) < 4.78 is 11.0. The first kappa shape index (κ1) is 14.3. The normalized spacial score (nSPS) is 30.0. The summed E-state index contributed by atoms with van der Waals surface area (Å²) in [5.74, 6) is 2.05. The lowest BCUT2D eigenvalue weighted by Gasteiger charge is -2.33. The standard InChI is InChI=1S/C17H24N2O3/c1-12-10-19(11-15(12)18-5-8-21-9-6-18)17(20)14-4-7-22-16(14)13-2-3-13/h4,7,12-13,15H,2-3,5-6,8-11H2,1H3/t12-,15-/m1/s1. The molecule has 4 rings (SSSR count). The van der Waals surface area contributed by atoms with Gasteiger partial charge in [-0.1, -0.05) is 6.92 Å². The van der Waals surface area contributed by atoms with E-state index in [0.717, 1.165) is 63.6 Å². The van der Waals surface area contributed by atoms with Gasteiger partial charge in [0.25, 0.3) is 5.91 Å². The number of amides is 1. The largest absolute Gasteiger partial charge is 0.468 e. The number of morpholine rings is 1. The number of ether oxygens (including phenoxy) is 1. The van der Waals surface area contributed by atoms with Gasteiger partial charge in [-0.3, -0.25) is 9.69 Å². The molecule has 1 saturated carbocycles. The van der Waals surface area contributed by atoms with Gasteiger partial charge in [0.15, 0.2) is 0 Å². The van der Waals surface area contributed by atoms with Gasteiger partial charge in [0, 0.05) is 38.1 Å². The van der Waals surface area contributed by atoms with Gasteiger partial charge in [0.1, 0.15) is 5.76 Å². The van der Waals surface area contributed by atoms with Crippen molar-refractivity contribution in [3.05, 3.63) is 23.7 Å². The molecule has 3 fully saturated rings. The van der Waals surface area contributed by atoms with Gasteiger partial charge in [0.05, 0.1) is 25.0 Å². The molecule has 0 N–H and O–H groups in total. The summed E-state index contributed by atoms with van der Waals surface area (Å²) in [6, 6.07) is 2.31. The smallest absolute Gasteiger partial charge is 0.257 e. The maximum absolute atomic E-state index is 12.9. The first-order valence-electron chi connectivity index (χ1n) is 8.42. The molecule has 0 aromatic carbocycles. The van der Waals surface area contributed by atoms with E-state index >= 15 is 0 Å². The molecule has 0 bridgehead atoms. The molecular formula is C17H24N2O3. The molecule has 0 spiro atoms. The summed E-state index contributed by atoms with van der Waals surface area (Å²) in [5, 5.41) is 0. The lowest BCUT2D eigenvalue weighted by Crippen LogP contribution is -2.47. The zero-order chi connectivity index (χ0) is 15.1. The summed E-state index contributed by atoms with van der Waals surface area (Å²) in [6.07, 6.45) is 3.97. The SMILES string of the molecule is C[C@@H]1CN(C(=O)c2ccoc2C2CC2)C[C@H]1N1CCOCC1. The van der Waals surface area contributed by atoms with Crippen LogP contribution in [0.25, 0.3) is 0 Å². The van der Waals surface area contributed by atoms with Crippen molar-refractivity contribution in [3.63, 3.8) is 0 Å². The third kappa shape index (κ3) is 2.57. The molecule has 3 heterocycles. The van der Waals surface area contributed by atoms with Crippen LogP contribution >= 0.6 is 0 Å². The summed E-state index contributed by atoms with van der Waals surface area (Å²) in [4.78, 5) is 17.4. The van der Waals surface area contributed by atoms with E-state index in [9.17, 15) is 4.79 Å². The maximum Gasteiger partial charge on any atom is 0.257 e. The highest BCUT2D eigenvalue weighted by Gasteiger charge is 2.39. The number of carbonyl (C=O) groups excluding carboxylic acids is 1. The van der Waals surface area contributed by atoms with E-state index in [-0.39, 0.29) is 5.91 Å². The van der Waals surface area contributed by atoms with Crippen molar-refractivity contribution in [1.29, 1.82) is 0 Å². The highest BCUT2D eigenvalue weighted by atomic mass is 16.5. The lowest BCUT2D eigenvalue weighted by molar-refractivity contribution is 0.0119. The fourth-order valence-electron chi connectivity index (χ4n) is 3.83. The first-order chi connectivity index (χ1) is 10.7. The number of carbonyl (C=O) groups is 1. The Morgan fingerprint density at radius 1 is 1.23 bits per heavy atom. The van der Waals surface area contributed by atoms with E-state index in [4.69, 9.17) is 9.15 Å². The third-order valence-electron chi connectivity index (χ3n) is 5.25. The van der Waals surface area contributed by atoms with Crippen LogP contribution in [0.2, 0.25) is 0 Å². The molecule has 0 radical (unpaired) electrons. The van der Waals surface area contributed by atoms with Crippen LogP contribution in [0.1, 0.15) is 41.8 Å². The lowest BCUT2D eigenvalue weighted by atomic mass is 10.0. The quantitative estimate of drug-likeness (QED) is 0.856. The van der Waals surface area contributed by atoms with Crippen molar-refractivity contribution in [3.8, 4) is 0 Å². The second-order valence-corrected chi connectivity index (χ2v) is 6.88. The summed E-state index contributed by atoms with van der Waals surface area (Å²) in [5.41, 5.74) is 0.789. The predicted octanol–water partition coefficient (Wildman–Crippen LogP) is 1.95. The molecule has 0 unspecified atom stereocenters. The number of furan rings is 1. The summed E-state index contributed by atoms with van der Waals surface area (Å²) in [7, 11) is 0. The number of likely N-dealkylation sites (tertiary alicyclic amines) is 1. The number of hydrogen-bond acceptors (Lipinski definition) is 4. The minimum Gasteiger partial charge on any atom is -0.468 e. The Morgan fingerprint density at radius 3 is 2.73 bits per heavy atom. The van der Waals surface area contributed by atoms with Crippen LogP contribution in [0.15, 0.2) is 16.7 Å². The second-order valence-electron chi connectivity index (χ2n) is 6.88. The molecule has 5 nitrogen and oxygen atoms in total. The van der Waals surface area contributed by atoms with Gasteiger partial charge in [-0.05, 0) is 24.8 Å². The molecule has 2 aliphatic heterocycles. The van der Waals surface area contributed by atoms with Crippen molar-refractivity contribution >= 4 is 5.91 Å². The van der Waals surface area contributed by atoms with Crippen LogP contribution in [0.3, 0.4) is 0 Å². The second kappa shape index (κ2) is 5.70. The Hall–Kier alpha value is -1.33. The van der Waals surface area contributed by atoms with Crippen LogP contribution in [-0.4, -0.2) is 61.1 Å². The molecule has 1 amide bonds. The van der Waals surface area contributed by atoms with Crippen LogP contribution in [0, 0.1) is 5.92 Å². The average molecular weight is 304 g/mol. The fourth-order valence-corrected chi connectivity index (χ4v) is 3.83. The van der Waals surface area contributed by atoms with Gasteiger partial charge >= 0.3 is 0 Å². The minimum atomic E-state index is 0.151. The van der Waals surface area contributed by atoms with E-state index in [1.807, 2.05) is 11.0 Å². The van der Waals surface area contributed by atoms with E-state index in [1.54, 1.807) is 6.26 Å². The van der Waals surface area contributed by atoms with Crippen LogP contribution in [0.4, 0.5) is 0 Å². The van der Waals surface area contributed by atoms with Gasteiger partial charge < -0.3 is 14.1 Å². The first-order valence-corrected chi connectivity index (χ1v) is 8.42. The highest BCUT2D eigenvalue weighted by Crippen LogP contribution is 2.42. The van der Waals surface area contributed by atoms with Gasteiger partial charge in [-0.25, -0.2) is 0 Å². The van der Waals surface area contributed by atoms with Crippen molar-refractivity contribution < 1.29 is 13.9 Å². The Labute approximate surface area is 131 Å². The molecule has 1 aromatic heterocycles. The monoisotopic (exact) mass is 304 g/mol. The van der Waals surface area contributed by atoms with E-state index in [2.05, 4.69) is 11.8 Å². The Bertz CT molecular complexity index is 546.